The average Bonchev–Trinajstić information content (AvgIpc) is 2.83. The average molecular weight is 539 g/mol. The third kappa shape index (κ3) is 12.1. The number of aliphatic carboxylic acids is 1. The van der Waals surface area contributed by atoms with Gasteiger partial charge in [0.25, 0.3) is 0 Å². The Hall–Kier alpha value is -3.85. The number of carbonyl (C=O) groups is 5. The summed E-state index contributed by atoms with van der Waals surface area (Å²) in [5.74, 6) is -4.70. The van der Waals surface area contributed by atoms with Crippen LogP contribution in [0.2, 0.25) is 0 Å². The second-order valence-electron chi connectivity index (χ2n) is 8.12. The molecule has 4 amide bonds. The highest BCUT2D eigenvalue weighted by molar-refractivity contribution is 7.80. The Morgan fingerprint density at radius 2 is 1.46 bits per heavy atom. The first-order chi connectivity index (χ1) is 17.4. The normalized spacial score (nSPS) is 13.8. The molecule has 204 valence electrons. The standard InChI is InChI=1S/C22H34N8O6S/c23-13(10-17(24)31)18(32)28-14(7-4-8-27-22(25)26)19(33)29-15(9-12-5-2-1-3-6-12)20(34)30-16(11-37)21(35)36/h1-3,5-6,13-16,37H,4,7-11,23H2,(H2,24,31)(H,28,32)(H,29,33)(H,30,34)(H,35,36)(H4,25,26,27). The molecule has 1 aromatic rings. The Kier molecular flexibility index (Phi) is 13.5. The van der Waals surface area contributed by atoms with Crippen molar-refractivity contribution in [2.24, 2.45) is 27.9 Å². The fourth-order valence-electron chi connectivity index (χ4n) is 3.15. The van der Waals surface area contributed by atoms with E-state index in [-0.39, 0.29) is 37.5 Å². The van der Waals surface area contributed by atoms with Crippen LogP contribution in [0, 0.1) is 0 Å². The van der Waals surface area contributed by atoms with E-state index in [1.807, 2.05) is 0 Å². The van der Waals surface area contributed by atoms with E-state index in [1.54, 1.807) is 30.3 Å². The molecule has 1 rings (SSSR count). The summed E-state index contributed by atoms with van der Waals surface area (Å²) in [5, 5.41) is 16.6. The molecule has 12 N–H and O–H groups in total. The Morgan fingerprint density at radius 3 is 2.00 bits per heavy atom. The zero-order chi connectivity index (χ0) is 28.0. The molecule has 0 spiro atoms. The molecule has 0 aromatic heterocycles. The molecular weight excluding hydrogens is 504 g/mol. The minimum absolute atomic E-state index is 0.0349. The van der Waals surface area contributed by atoms with Gasteiger partial charge in [-0.25, -0.2) is 4.79 Å². The maximum atomic E-state index is 13.2. The van der Waals surface area contributed by atoms with Gasteiger partial charge in [-0.2, -0.15) is 12.6 Å². The van der Waals surface area contributed by atoms with Crippen LogP contribution in [0.5, 0.6) is 0 Å². The molecule has 0 heterocycles. The van der Waals surface area contributed by atoms with Gasteiger partial charge in [-0.1, -0.05) is 30.3 Å². The molecule has 0 bridgehead atoms. The van der Waals surface area contributed by atoms with E-state index in [2.05, 4.69) is 33.6 Å². The van der Waals surface area contributed by atoms with Crippen LogP contribution in [0.25, 0.3) is 0 Å². The van der Waals surface area contributed by atoms with Gasteiger partial charge in [-0.3, -0.25) is 24.2 Å². The van der Waals surface area contributed by atoms with Gasteiger partial charge in [0.15, 0.2) is 5.96 Å². The third-order valence-electron chi connectivity index (χ3n) is 5.05. The number of carboxylic acid groups (broad SMARTS) is 1. The lowest BCUT2D eigenvalue weighted by Crippen LogP contribution is -2.58. The summed E-state index contributed by atoms with van der Waals surface area (Å²) in [5.41, 5.74) is 22.1. The fourth-order valence-corrected chi connectivity index (χ4v) is 3.40. The first kappa shape index (κ1) is 31.2. The molecule has 0 saturated heterocycles. The van der Waals surface area contributed by atoms with Gasteiger partial charge >= 0.3 is 5.97 Å². The number of primary amides is 1. The van der Waals surface area contributed by atoms with Crippen LogP contribution in [0.1, 0.15) is 24.8 Å². The van der Waals surface area contributed by atoms with Crippen molar-refractivity contribution < 1.29 is 29.1 Å². The first-order valence-corrected chi connectivity index (χ1v) is 12.0. The first-order valence-electron chi connectivity index (χ1n) is 11.3. The molecule has 0 fully saturated rings. The number of nitrogens with one attached hydrogen (secondary N) is 3. The third-order valence-corrected chi connectivity index (χ3v) is 5.41. The number of guanidine groups is 1. The zero-order valence-corrected chi connectivity index (χ0v) is 21.0. The molecule has 0 aliphatic rings. The monoisotopic (exact) mass is 538 g/mol. The number of rotatable bonds is 16. The van der Waals surface area contributed by atoms with Gasteiger partial charge in [-0.05, 0) is 18.4 Å². The van der Waals surface area contributed by atoms with Gasteiger partial charge in [0.1, 0.15) is 18.1 Å². The number of carbonyl (C=O) groups excluding carboxylic acids is 4. The van der Waals surface area contributed by atoms with Crippen molar-refractivity contribution in [3.8, 4) is 0 Å². The molecular formula is C22H34N8O6S. The molecule has 0 radical (unpaired) electrons. The Morgan fingerprint density at radius 1 is 0.892 bits per heavy atom. The van der Waals surface area contributed by atoms with Gasteiger partial charge in [-0.15, -0.1) is 0 Å². The molecule has 14 nitrogen and oxygen atoms in total. The van der Waals surface area contributed by atoms with Crippen LogP contribution >= 0.6 is 12.6 Å². The predicted molar refractivity (Wildman–Crippen MR) is 139 cm³/mol. The van der Waals surface area contributed by atoms with Crippen molar-refractivity contribution in [3.63, 3.8) is 0 Å². The maximum Gasteiger partial charge on any atom is 0.327 e. The number of benzene rings is 1. The molecule has 15 heteroatoms. The summed E-state index contributed by atoms with van der Waals surface area (Å²) in [7, 11) is 0. The van der Waals surface area contributed by atoms with Gasteiger partial charge < -0.3 is 44.0 Å². The van der Waals surface area contributed by atoms with E-state index in [4.69, 9.17) is 22.9 Å². The van der Waals surface area contributed by atoms with E-state index >= 15 is 0 Å². The highest BCUT2D eigenvalue weighted by Crippen LogP contribution is 2.07. The highest BCUT2D eigenvalue weighted by Gasteiger charge is 2.30. The second kappa shape index (κ2) is 16.0. The summed E-state index contributed by atoms with van der Waals surface area (Å²) in [6.45, 7) is 0.158. The molecule has 4 unspecified atom stereocenters. The topological polar surface area (TPSA) is 258 Å². The van der Waals surface area contributed by atoms with Crippen LogP contribution < -0.4 is 38.9 Å². The van der Waals surface area contributed by atoms with E-state index in [9.17, 15) is 29.1 Å². The van der Waals surface area contributed by atoms with E-state index in [1.165, 1.54) is 0 Å². The SMILES string of the molecule is NC(=O)CC(N)C(=O)NC(CCCN=C(N)N)C(=O)NC(Cc1ccccc1)C(=O)NC(CS)C(=O)O. The molecule has 1 aromatic carbocycles. The maximum absolute atomic E-state index is 13.2. The van der Waals surface area contributed by atoms with Crippen LogP contribution in [0.3, 0.4) is 0 Å². The molecule has 0 aliphatic carbocycles. The lowest BCUT2D eigenvalue weighted by Gasteiger charge is -2.25. The number of thiol groups is 1. The zero-order valence-electron chi connectivity index (χ0n) is 20.1. The van der Waals surface area contributed by atoms with Crippen molar-refractivity contribution in [2.75, 3.05) is 12.3 Å². The molecule has 4 atom stereocenters. The van der Waals surface area contributed by atoms with Gasteiger partial charge in [0.2, 0.25) is 23.6 Å². The molecule has 0 saturated carbocycles. The smallest absolute Gasteiger partial charge is 0.327 e. The van der Waals surface area contributed by atoms with Crippen molar-refractivity contribution >= 4 is 48.2 Å². The van der Waals surface area contributed by atoms with Crippen LogP contribution in [-0.2, 0) is 30.4 Å². The number of nitrogens with two attached hydrogens (primary N) is 4. The number of nitrogens with zero attached hydrogens (tertiary/aromatic N) is 1. The number of carboxylic acids is 1. The number of amides is 4. The highest BCUT2D eigenvalue weighted by atomic mass is 32.1. The van der Waals surface area contributed by atoms with E-state index in [0.717, 1.165) is 0 Å². The summed E-state index contributed by atoms with van der Waals surface area (Å²) in [6, 6.07) is 3.79. The lowest BCUT2D eigenvalue weighted by atomic mass is 10.0. The Labute approximate surface area is 219 Å². The van der Waals surface area contributed by atoms with E-state index in [0.29, 0.717) is 5.56 Å². The van der Waals surface area contributed by atoms with Gasteiger partial charge in [0.05, 0.1) is 12.5 Å². The summed E-state index contributed by atoms with van der Waals surface area (Å²) in [4.78, 5) is 64.9. The molecule has 0 aliphatic heterocycles. The summed E-state index contributed by atoms with van der Waals surface area (Å²) in [6.07, 6.45) is -0.0655. The van der Waals surface area contributed by atoms with Crippen molar-refractivity contribution in [3.05, 3.63) is 35.9 Å². The minimum atomic E-state index is -1.29. The minimum Gasteiger partial charge on any atom is -0.480 e. The second-order valence-corrected chi connectivity index (χ2v) is 8.48. The number of hydrogen-bond acceptors (Lipinski definition) is 8. The number of hydrogen-bond donors (Lipinski definition) is 9. The molecule has 37 heavy (non-hydrogen) atoms. The summed E-state index contributed by atoms with van der Waals surface area (Å²) >= 11 is 3.94. The van der Waals surface area contributed by atoms with Gasteiger partial charge in [0, 0.05) is 18.7 Å². The quantitative estimate of drug-likeness (QED) is 0.0447. The number of aliphatic imine (C=N–C) groups is 1. The lowest BCUT2D eigenvalue weighted by molar-refractivity contribution is -0.141. The Balaban J connectivity index is 3.11. The van der Waals surface area contributed by atoms with E-state index < -0.39 is 60.2 Å². The Bertz CT molecular complexity index is 973. The summed E-state index contributed by atoms with van der Waals surface area (Å²) < 4.78 is 0. The fraction of sp³-hybridized carbons (Fsp3) is 0.455. The predicted octanol–water partition coefficient (Wildman–Crippen LogP) is -3.05. The van der Waals surface area contributed by atoms with Crippen molar-refractivity contribution in [1.82, 2.24) is 16.0 Å². The van der Waals surface area contributed by atoms with Crippen molar-refractivity contribution in [1.29, 1.82) is 0 Å². The van der Waals surface area contributed by atoms with Crippen LogP contribution in [-0.4, -0.2) is 77.1 Å². The van der Waals surface area contributed by atoms with Crippen LogP contribution in [0.4, 0.5) is 0 Å². The van der Waals surface area contributed by atoms with Crippen molar-refractivity contribution in [2.45, 2.75) is 49.9 Å². The van der Waals surface area contributed by atoms with Crippen LogP contribution in [0.15, 0.2) is 35.3 Å². The largest absolute Gasteiger partial charge is 0.480 e.